The lowest BCUT2D eigenvalue weighted by atomic mass is 9.92. The maximum Gasteiger partial charge on any atom is 0.323 e. The van der Waals surface area contributed by atoms with Crippen LogP contribution in [-0.4, -0.2) is 58.8 Å². The molecule has 1 saturated heterocycles. The lowest BCUT2D eigenvalue weighted by Gasteiger charge is -2.37. The van der Waals surface area contributed by atoms with Gasteiger partial charge in [0, 0.05) is 31.4 Å². The van der Waals surface area contributed by atoms with Crippen LogP contribution >= 0.6 is 0 Å². The highest BCUT2D eigenvalue weighted by atomic mass is 16.2. The fourth-order valence-corrected chi connectivity index (χ4v) is 3.74. The topological polar surface area (TPSA) is 53.4 Å². The number of likely N-dealkylation sites (tertiary alicyclic amines) is 1. The molecule has 0 bridgehead atoms. The van der Waals surface area contributed by atoms with Crippen molar-refractivity contribution in [3.63, 3.8) is 0 Å². The number of nitrogens with zero attached hydrogens (tertiary/aromatic N) is 4. The average Bonchev–Trinajstić information content (AvgIpc) is 3.13. The van der Waals surface area contributed by atoms with E-state index in [1.54, 1.807) is 0 Å². The molecule has 22 heavy (non-hydrogen) atoms. The van der Waals surface area contributed by atoms with Crippen molar-refractivity contribution >= 4 is 11.8 Å². The number of aromatic nitrogens is 2. The van der Waals surface area contributed by atoms with Crippen LogP contribution in [0.5, 0.6) is 0 Å². The smallest absolute Gasteiger partial charge is 0.321 e. The Morgan fingerprint density at radius 2 is 2.18 bits per heavy atom. The third-order valence-electron chi connectivity index (χ3n) is 4.91. The summed E-state index contributed by atoms with van der Waals surface area (Å²) in [6, 6.07) is 2.35. The van der Waals surface area contributed by atoms with Gasteiger partial charge in [-0.05, 0) is 45.7 Å². The summed E-state index contributed by atoms with van der Waals surface area (Å²) in [4.78, 5) is 16.7. The number of urea groups is 1. The highest BCUT2D eigenvalue weighted by molar-refractivity contribution is 5.88. The largest absolute Gasteiger partial charge is 0.323 e. The summed E-state index contributed by atoms with van der Waals surface area (Å²) >= 11 is 0. The first-order valence-electron chi connectivity index (χ1n) is 8.39. The van der Waals surface area contributed by atoms with E-state index in [9.17, 15) is 4.79 Å². The van der Waals surface area contributed by atoms with Crippen molar-refractivity contribution in [2.45, 2.75) is 44.7 Å². The molecule has 1 aromatic heterocycles. The van der Waals surface area contributed by atoms with Crippen molar-refractivity contribution in [3.05, 3.63) is 12.3 Å². The molecule has 2 atom stereocenters. The van der Waals surface area contributed by atoms with Gasteiger partial charge in [-0.3, -0.25) is 10.00 Å². The predicted octanol–water partition coefficient (Wildman–Crippen LogP) is 2.24. The molecular weight excluding hydrogens is 278 g/mol. The minimum Gasteiger partial charge on any atom is -0.321 e. The van der Waals surface area contributed by atoms with E-state index >= 15 is 0 Å². The Bertz CT molecular complexity index is 512. The van der Waals surface area contributed by atoms with E-state index in [0.717, 1.165) is 38.4 Å². The third kappa shape index (κ3) is 3.43. The maximum atomic E-state index is 12.5. The van der Waals surface area contributed by atoms with Gasteiger partial charge in [-0.25, -0.2) is 4.79 Å². The fraction of sp³-hybridized carbons (Fsp3) is 0.750. The van der Waals surface area contributed by atoms with Crippen LogP contribution in [0.2, 0.25) is 0 Å². The number of carbonyl (C=O) groups is 1. The van der Waals surface area contributed by atoms with Crippen LogP contribution in [0.4, 0.5) is 10.6 Å². The van der Waals surface area contributed by atoms with Gasteiger partial charge in [0.25, 0.3) is 0 Å². The number of anilines is 1. The third-order valence-corrected chi connectivity index (χ3v) is 4.91. The average molecular weight is 305 g/mol. The van der Waals surface area contributed by atoms with Crippen molar-refractivity contribution in [1.82, 2.24) is 19.6 Å². The van der Waals surface area contributed by atoms with Gasteiger partial charge in [-0.1, -0.05) is 6.42 Å². The van der Waals surface area contributed by atoms with Crippen molar-refractivity contribution in [2.75, 3.05) is 32.5 Å². The van der Waals surface area contributed by atoms with Crippen molar-refractivity contribution in [1.29, 1.82) is 0 Å². The standard InChI is InChI=1S/C16H27N5O/c1-19(2)11-12-20-10-8-15(18-20)17-16(22)21-9-4-6-13-5-3-7-14(13)21/h8,10,13-14H,3-7,9,11-12H2,1-2H3,(H,17,18,22)/t13-,14-/m1/s1. The van der Waals surface area contributed by atoms with Gasteiger partial charge in [0.2, 0.25) is 0 Å². The lowest BCUT2D eigenvalue weighted by Crippen LogP contribution is -2.48. The molecule has 1 aliphatic heterocycles. The molecule has 1 N–H and O–H groups in total. The van der Waals surface area contributed by atoms with Gasteiger partial charge in [0.15, 0.2) is 5.82 Å². The maximum absolute atomic E-state index is 12.5. The van der Waals surface area contributed by atoms with Crippen LogP contribution in [0.3, 0.4) is 0 Å². The first kappa shape index (κ1) is 15.3. The molecule has 1 saturated carbocycles. The van der Waals surface area contributed by atoms with Crippen LogP contribution < -0.4 is 5.32 Å². The SMILES string of the molecule is CN(C)CCn1ccc(NC(=O)N2CCC[C@H]3CCC[C@H]32)n1. The second-order valence-corrected chi connectivity index (χ2v) is 6.79. The second-order valence-electron chi connectivity index (χ2n) is 6.79. The molecule has 0 aromatic carbocycles. The number of hydrogen-bond donors (Lipinski definition) is 1. The van der Waals surface area contributed by atoms with Gasteiger partial charge in [-0.2, -0.15) is 5.10 Å². The van der Waals surface area contributed by atoms with Crippen molar-refractivity contribution in [2.24, 2.45) is 5.92 Å². The van der Waals surface area contributed by atoms with Crippen LogP contribution in [0, 0.1) is 5.92 Å². The Balaban J connectivity index is 1.57. The molecule has 6 heteroatoms. The van der Waals surface area contributed by atoms with Gasteiger partial charge in [-0.15, -0.1) is 0 Å². The van der Waals surface area contributed by atoms with E-state index < -0.39 is 0 Å². The summed E-state index contributed by atoms with van der Waals surface area (Å²) in [5.74, 6) is 1.38. The van der Waals surface area contributed by atoms with Crippen LogP contribution in [0.1, 0.15) is 32.1 Å². The zero-order chi connectivity index (χ0) is 15.5. The highest BCUT2D eigenvalue weighted by Gasteiger charge is 2.37. The minimum absolute atomic E-state index is 0.0226. The van der Waals surface area contributed by atoms with Gasteiger partial charge < -0.3 is 9.80 Å². The number of nitrogens with one attached hydrogen (secondary N) is 1. The number of rotatable bonds is 4. The summed E-state index contributed by atoms with van der Waals surface area (Å²) in [5.41, 5.74) is 0. The number of carbonyl (C=O) groups excluding carboxylic acids is 1. The summed E-state index contributed by atoms with van der Waals surface area (Å²) < 4.78 is 1.88. The van der Waals surface area contributed by atoms with E-state index in [-0.39, 0.29) is 6.03 Å². The predicted molar refractivity (Wildman–Crippen MR) is 86.9 cm³/mol. The van der Waals surface area contributed by atoms with E-state index in [2.05, 4.69) is 15.3 Å². The molecule has 3 rings (SSSR count). The zero-order valence-electron chi connectivity index (χ0n) is 13.7. The quantitative estimate of drug-likeness (QED) is 0.928. The van der Waals surface area contributed by atoms with Crippen LogP contribution in [0.25, 0.3) is 0 Å². The van der Waals surface area contributed by atoms with Gasteiger partial charge >= 0.3 is 6.03 Å². The Hall–Kier alpha value is -1.56. The van der Waals surface area contributed by atoms with Crippen LogP contribution in [0.15, 0.2) is 12.3 Å². The number of piperidine rings is 1. The molecule has 0 unspecified atom stereocenters. The number of amides is 2. The van der Waals surface area contributed by atoms with Gasteiger partial charge in [0.05, 0.1) is 6.54 Å². The summed E-state index contributed by atoms with van der Waals surface area (Å²) in [6.07, 6.45) is 8.05. The molecule has 0 radical (unpaired) electrons. The van der Waals surface area contributed by atoms with E-state index in [1.807, 2.05) is 35.9 Å². The Kier molecular flexibility index (Phi) is 4.66. The number of fused-ring (bicyclic) bond motifs is 1. The zero-order valence-corrected chi connectivity index (χ0v) is 13.7. The van der Waals surface area contributed by atoms with E-state index in [4.69, 9.17) is 0 Å². The number of hydrogen-bond acceptors (Lipinski definition) is 3. The van der Waals surface area contributed by atoms with Crippen molar-refractivity contribution < 1.29 is 4.79 Å². The van der Waals surface area contributed by atoms with E-state index in [1.165, 1.54) is 19.3 Å². The first-order valence-corrected chi connectivity index (χ1v) is 8.39. The summed E-state index contributed by atoms with van der Waals surface area (Å²) in [6.45, 7) is 2.65. The Morgan fingerprint density at radius 1 is 1.36 bits per heavy atom. The molecule has 6 nitrogen and oxygen atoms in total. The number of likely N-dealkylation sites (N-methyl/N-ethyl adjacent to an activating group) is 1. The van der Waals surface area contributed by atoms with Crippen molar-refractivity contribution in [3.8, 4) is 0 Å². The fourth-order valence-electron chi connectivity index (χ4n) is 3.74. The van der Waals surface area contributed by atoms with E-state index in [0.29, 0.717) is 11.9 Å². The molecule has 2 fully saturated rings. The molecule has 2 aliphatic rings. The summed E-state index contributed by atoms with van der Waals surface area (Å²) in [7, 11) is 4.08. The molecule has 1 aliphatic carbocycles. The Morgan fingerprint density at radius 3 is 3.00 bits per heavy atom. The molecule has 2 amide bonds. The first-order chi connectivity index (χ1) is 10.6. The van der Waals surface area contributed by atoms with Gasteiger partial charge in [0.1, 0.15) is 0 Å². The minimum atomic E-state index is 0.0226. The molecule has 122 valence electrons. The normalized spacial score (nSPS) is 24.6. The molecular formula is C16H27N5O. The molecule has 0 spiro atoms. The monoisotopic (exact) mass is 305 g/mol. The molecule has 2 heterocycles. The second kappa shape index (κ2) is 6.69. The highest BCUT2D eigenvalue weighted by Crippen LogP contribution is 2.36. The van der Waals surface area contributed by atoms with Crippen LogP contribution in [-0.2, 0) is 6.54 Å². The lowest BCUT2D eigenvalue weighted by molar-refractivity contribution is 0.138. The molecule has 1 aromatic rings. The Labute approximate surface area is 132 Å². The summed E-state index contributed by atoms with van der Waals surface area (Å²) in [5, 5.41) is 7.41.